The van der Waals surface area contributed by atoms with Gasteiger partial charge < -0.3 is 15.2 Å². The summed E-state index contributed by atoms with van der Waals surface area (Å²) in [6.45, 7) is 5.58. The molecule has 1 aliphatic carbocycles. The predicted molar refractivity (Wildman–Crippen MR) is 66.6 cm³/mol. The molecule has 0 amide bonds. The Morgan fingerprint density at radius 1 is 1.19 bits per heavy atom. The van der Waals surface area contributed by atoms with Gasteiger partial charge >= 0.3 is 0 Å². The van der Waals surface area contributed by atoms with Crippen LogP contribution in [0.4, 0.5) is 0 Å². The second kappa shape index (κ2) is 5.99. The third-order valence-corrected chi connectivity index (χ3v) is 3.59. The third kappa shape index (κ3) is 4.81. The SMILES string of the molecule is COC(C)(C)CNCC1(O)CCCCCC1. The molecule has 16 heavy (non-hydrogen) atoms. The van der Waals surface area contributed by atoms with E-state index in [-0.39, 0.29) is 5.60 Å². The topological polar surface area (TPSA) is 41.5 Å². The van der Waals surface area contributed by atoms with Gasteiger partial charge in [0.05, 0.1) is 11.2 Å². The lowest BCUT2D eigenvalue weighted by Crippen LogP contribution is -2.45. The highest BCUT2D eigenvalue weighted by molar-refractivity contribution is 4.84. The quantitative estimate of drug-likeness (QED) is 0.709. The number of hydrogen-bond acceptors (Lipinski definition) is 3. The number of ether oxygens (including phenoxy) is 1. The highest BCUT2D eigenvalue weighted by atomic mass is 16.5. The zero-order chi connectivity index (χ0) is 12.1. The first-order valence-corrected chi connectivity index (χ1v) is 6.46. The standard InChI is InChI=1S/C13H27NO2/c1-12(2,16-3)10-14-11-13(15)8-6-4-5-7-9-13/h14-15H,4-11H2,1-3H3. The third-order valence-electron chi connectivity index (χ3n) is 3.59. The fraction of sp³-hybridized carbons (Fsp3) is 1.00. The first-order valence-electron chi connectivity index (χ1n) is 6.46. The number of hydrogen-bond donors (Lipinski definition) is 2. The summed E-state index contributed by atoms with van der Waals surface area (Å²) in [4.78, 5) is 0. The molecule has 3 nitrogen and oxygen atoms in total. The van der Waals surface area contributed by atoms with Gasteiger partial charge in [0.1, 0.15) is 0 Å². The molecule has 0 radical (unpaired) electrons. The first kappa shape index (κ1) is 13.9. The van der Waals surface area contributed by atoms with E-state index in [0.29, 0.717) is 6.54 Å². The maximum atomic E-state index is 10.4. The van der Waals surface area contributed by atoms with E-state index in [1.165, 1.54) is 12.8 Å². The number of methoxy groups -OCH3 is 1. The van der Waals surface area contributed by atoms with Crippen molar-refractivity contribution >= 4 is 0 Å². The van der Waals surface area contributed by atoms with E-state index < -0.39 is 5.60 Å². The van der Waals surface area contributed by atoms with Crippen LogP contribution in [-0.2, 0) is 4.74 Å². The summed E-state index contributed by atoms with van der Waals surface area (Å²) < 4.78 is 5.34. The molecule has 96 valence electrons. The Balaban J connectivity index is 2.29. The predicted octanol–water partition coefficient (Wildman–Crippen LogP) is 2.09. The van der Waals surface area contributed by atoms with Crippen molar-refractivity contribution in [3.05, 3.63) is 0 Å². The molecule has 1 aliphatic rings. The Morgan fingerprint density at radius 3 is 2.25 bits per heavy atom. The summed E-state index contributed by atoms with van der Waals surface area (Å²) in [5.41, 5.74) is -0.637. The van der Waals surface area contributed by atoms with Gasteiger partial charge in [-0.15, -0.1) is 0 Å². The Labute approximate surface area is 99.6 Å². The van der Waals surface area contributed by atoms with Crippen LogP contribution < -0.4 is 5.32 Å². The van der Waals surface area contributed by atoms with Crippen LogP contribution in [0.25, 0.3) is 0 Å². The Morgan fingerprint density at radius 2 is 1.75 bits per heavy atom. The molecule has 0 unspecified atom stereocenters. The fourth-order valence-electron chi connectivity index (χ4n) is 2.23. The normalized spacial score (nSPS) is 21.8. The molecule has 2 N–H and O–H groups in total. The van der Waals surface area contributed by atoms with Crippen LogP contribution in [0.1, 0.15) is 52.4 Å². The van der Waals surface area contributed by atoms with E-state index in [1.54, 1.807) is 7.11 Å². The average Bonchev–Trinajstić information content (AvgIpc) is 2.43. The maximum Gasteiger partial charge on any atom is 0.0771 e. The Kier molecular flexibility index (Phi) is 5.22. The second-order valence-electron chi connectivity index (χ2n) is 5.71. The largest absolute Gasteiger partial charge is 0.389 e. The Bertz CT molecular complexity index is 196. The molecule has 0 bridgehead atoms. The molecule has 0 spiro atoms. The molecule has 0 saturated heterocycles. The van der Waals surface area contributed by atoms with Crippen molar-refractivity contribution in [2.24, 2.45) is 0 Å². The Hall–Kier alpha value is -0.120. The number of aliphatic hydroxyl groups is 1. The zero-order valence-corrected chi connectivity index (χ0v) is 11.0. The lowest BCUT2D eigenvalue weighted by molar-refractivity contribution is 0.00117. The van der Waals surface area contributed by atoms with Crippen molar-refractivity contribution in [2.45, 2.75) is 63.6 Å². The second-order valence-corrected chi connectivity index (χ2v) is 5.71. The molecule has 1 rings (SSSR count). The van der Waals surface area contributed by atoms with Gasteiger partial charge in [0.15, 0.2) is 0 Å². The average molecular weight is 229 g/mol. The van der Waals surface area contributed by atoms with Gasteiger partial charge in [0.25, 0.3) is 0 Å². The molecule has 0 aromatic carbocycles. The van der Waals surface area contributed by atoms with Crippen molar-refractivity contribution < 1.29 is 9.84 Å². The van der Waals surface area contributed by atoms with Gasteiger partial charge in [-0.2, -0.15) is 0 Å². The first-order chi connectivity index (χ1) is 7.47. The summed E-state index contributed by atoms with van der Waals surface area (Å²) in [5, 5.41) is 13.8. The van der Waals surface area contributed by atoms with Crippen LogP contribution in [0.15, 0.2) is 0 Å². The lowest BCUT2D eigenvalue weighted by Gasteiger charge is -2.30. The summed E-state index contributed by atoms with van der Waals surface area (Å²) in [6.07, 6.45) is 6.73. The molecule has 0 aliphatic heterocycles. The van der Waals surface area contributed by atoms with Crippen LogP contribution in [0.3, 0.4) is 0 Å². The van der Waals surface area contributed by atoms with Crippen LogP contribution in [0, 0.1) is 0 Å². The van der Waals surface area contributed by atoms with Gasteiger partial charge in [-0.1, -0.05) is 25.7 Å². The zero-order valence-electron chi connectivity index (χ0n) is 11.0. The minimum atomic E-state index is -0.486. The van der Waals surface area contributed by atoms with E-state index in [0.717, 1.165) is 32.2 Å². The number of rotatable bonds is 5. The summed E-state index contributed by atoms with van der Waals surface area (Å²) in [5.74, 6) is 0. The molecule has 1 saturated carbocycles. The van der Waals surface area contributed by atoms with Gasteiger partial charge in [-0.3, -0.25) is 0 Å². The van der Waals surface area contributed by atoms with Crippen LogP contribution in [0.5, 0.6) is 0 Å². The van der Waals surface area contributed by atoms with Crippen molar-refractivity contribution in [3.63, 3.8) is 0 Å². The molecular formula is C13H27NO2. The molecule has 0 aromatic rings. The maximum absolute atomic E-state index is 10.4. The van der Waals surface area contributed by atoms with Crippen molar-refractivity contribution in [3.8, 4) is 0 Å². The molecule has 0 aromatic heterocycles. The van der Waals surface area contributed by atoms with Crippen LogP contribution in [0.2, 0.25) is 0 Å². The smallest absolute Gasteiger partial charge is 0.0771 e. The molecular weight excluding hydrogens is 202 g/mol. The highest BCUT2D eigenvalue weighted by Gasteiger charge is 2.28. The molecule has 1 fully saturated rings. The summed E-state index contributed by atoms with van der Waals surface area (Å²) in [7, 11) is 1.72. The minimum Gasteiger partial charge on any atom is -0.389 e. The molecule has 3 heteroatoms. The van der Waals surface area contributed by atoms with Crippen molar-refractivity contribution in [1.82, 2.24) is 5.32 Å². The summed E-state index contributed by atoms with van der Waals surface area (Å²) >= 11 is 0. The minimum absolute atomic E-state index is 0.152. The van der Waals surface area contributed by atoms with Gasteiger partial charge in [-0.05, 0) is 26.7 Å². The van der Waals surface area contributed by atoms with Crippen LogP contribution >= 0.6 is 0 Å². The van der Waals surface area contributed by atoms with E-state index >= 15 is 0 Å². The van der Waals surface area contributed by atoms with E-state index in [2.05, 4.69) is 19.2 Å². The van der Waals surface area contributed by atoms with E-state index in [4.69, 9.17) is 4.74 Å². The van der Waals surface area contributed by atoms with Gasteiger partial charge in [0.2, 0.25) is 0 Å². The molecule has 0 atom stereocenters. The van der Waals surface area contributed by atoms with Crippen LogP contribution in [-0.4, -0.2) is 36.5 Å². The number of nitrogens with one attached hydrogen (secondary N) is 1. The lowest BCUT2D eigenvalue weighted by atomic mass is 9.94. The fourth-order valence-corrected chi connectivity index (χ4v) is 2.23. The van der Waals surface area contributed by atoms with E-state index in [1.807, 2.05) is 0 Å². The highest BCUT2D eigenvalue weighted by Crippen LogP contribution is 2.26. The summed E-state index contributed by atoms with van der Waals surface area (Å²) in [6, 6.07) is 0. The molecule has 0 heterocycles. The van der Waals surface area contributed by atoms with Gasteiger partial charge in [-0.25, -0.2) is 0 Å². The van der Waals surface area contributed by atoms with Crippen molar-refractivity contribution in [1.29, 1.82) is 0 Å². The monoisotopic (exact) mass is 229 g/mol. The van der Waals surface area contributed by atoms with Gasteiger partial charge in [0, 0.05) is 20.2 Å². The van der Waals surface area contributed by atoms with Crippen molar-refractivity contribution in [2.75, 3.05) is 20.2 Å². The van der Waals surface area contributed by atoms with E-state index in [9.17, 15) is 5.11 Å².